The van der Waals surface area contributed by atoms with E-state index in [0.29, 0.717) is 28.9 Å². The van der Waals surface area contributed by atoms with Gasteiger partial charge in [0, 0.05) is 17.8 Å². The van der Waals surface area contributed by atoms with Gasteiger partial charge in [-0.3, -0.25) is 0 Å². The fraction of sp³-hybridized carbons (Fsp3) is 0.0714. The second kappa shape index (κ2) is 5.58. The van der Waals surface area contributed by atoms with Gasteiger partial charge in [0.1, 0.15) is 29.5 Å². The average Bonchev–Trinajstić information content (AvgIpc) is 2.84. The lowest BCUT2D eigenvalue weighted by Crippen LogP contribution is -1.98. The first-order valence-corrected chi connectivity index (χ1v) is 6.24. The third-order valence-electron chi connectivity index (χ3n) is 2.65. The molecule has 1 aromatic carbocycles. The summed E-state index contributed by atoms with van der Waals surface area (Å²) >= 11 is 0. The largest absolute Gasteiger partial charge is 0.360 e. The van der Waals surface area contributed by atoms with E-state index in [1.807, 2.05) is 0 Å². The summed E-state index contributed by atoms with van der Waals surface area (Å²) in [6, 6.07) is 9.58. The lowest BCUT2D eigenvalue weighted by Gasteiger charge is -2.07. The van der Waals surface area contributed by atoms with Gasteiger partial charge in [-0.05, 0) is 25.1 Å². The van der Waals surface area contributed by atoms with Crippen LogP contribution in [0.15, 0.2) is 47.2 Å². The highest BCUT2D eigenvalue weighted by atomic mass is 19.1. The number of aryl methyl sites for hydroxylation is 1. The third kappa shape index (κ3) is 3.33. The zero-order valence-corrected chi connectivity index (χ0v) is 11.2. The molecule has 0 fully saturated rings. The molecule has 0 unspecified atom stereocenters. The summed E-state index contributed by atoms with van der Waals surface area (Å²) in [5, 5.41) is 9.81. The van der Waals surface area contributed by atoms with E-state index in [0.717, 1.165) is 0 Å². The highest BCUT2D eigenvalue weighted by molar-refractivity contribution is 5.61. The molecule has 21 heavy (non-hydrogen) atoms. The van der Waals surface area contributed by atoms with Gasteiger partial charge >= 0.3 is 0 Å². The van der Waals surface area contributed by atoms with Crippen molar-refractivity contribution in [3.63, 3.8) is 0 Å². The number of hydrogen-bond acceptors (Lipinski definition) is 6. The van der Waals surface area contributed by atoms with Crippen molar-refractivity contribution in [3.8, 4) is 0 Å². The number of halogens is 1. The van der Waals surface area contributed by atoms with Crippen molar-refractivity contribution in [3.05, 3.63) is 54.3 Å². The highest BCUT2D eigenvalue weighted by Crippen LogP contribution is 2.19. The zero-order valence-electron chi connectivity index (χ0n) is 11.2. The SMILES string of the molecule is Cc1cc(Nc2cc(Nc3cccc(F)c3)ncn2)no1. The summed E-state index contributed by atoms with van der Waals surface area (Å²) in [6.07, 6.45) is 1.40. The molecule has 0 saturated heterocycles. The minimum Gasteiger partial charge on any atom is -0.360 e. The van der Waals surface area contributed by atoms with E-state index in [2.05, 4.69) is 25.8 Å². The first-order valence-electron chi connectivity index (χ1n) is 6.24. The Morgan fingerprint density at radius 3 is 2.52 bits per heavy atom. The molecule has 0 aliphatic carbocycles. The molecule has 0 saturated carbocycles. The Balaban J connectivity index is 1.76. The van der Waals surface area contributed by atoms with Gasteiger partial charge < -0.3 is 15.2 Å². The summed E-state index contributed by atoms with van der Waals surface area (Å²) < 4.78 is 18.1. The van der Waals surface area contributed by atoms with Crippen LogP contribution < -0.4 is 10.6 Å². The normalized spacial score (nSPS) is 10.4. The van der Waals surface area contributed by atoms with Gasteiger partial charge in [0.15, 0.2) is 5.82 Å². The number of hydrogen-bond donors (Lipinski definition) is 2. The van der Waals surface area contributed by atoms with Crippen molar-refractivity contribution >= 4 is 23.1 Å². The highest BCUT2D eigenvalue weighted by Gasteiger charge is 2.04. The lowest BCUT2D eigenvalue weighted by molar-refractivity contribution is 0.400. The first-order chi connectivity index (χ1) is 10.2. The smallest absolute Gasteiger partial charge is 0.175 e. The topological polar surface area (TPSA) is 75.9 Å². The number of anilines is 4. The molecule has 3 aromatic rings. The Kier molecular flexibility index (Phi) is 3.46. The van der Waals surface area contributed by atoms with Crippen LogP contribution in [0.5, 0.6) is 0 Å². The van der Waals surface area contributed by atoms with E-state index < -0.39 is 0 Å². The second-order valence-electron chi connectivity index (χ2n) is 4.37. The van der Waals surface area contributed by atoms with E-state index >= 15 is 0 Å². The molecule has 0 amide bonds. The molecule has 3 rings (SSSR count). The predicted octanol–water partition coefficient (Wildman–Crippen LogP) is 3.40. The van der Waals surface area contributed by atoms with E-state index in [1.54, 1.807) is 31.2 Å². The van der Waals surface area contributed by atoms with E-state index in [-0.39, 0.29) is 5.82 Å². The molecule has 0 radical (unpaired) electrons. The maximum atomic E-state index is 13.1. The van der Waals surface area contributed by atoms with E-state index in [4.69, 9.17) is 4.52 Å². The maximum Gasteiger partial charge on any atom is 0.175 e. The Morgan fingerprint density at radius 1 is 1.00 bits per heavy atom. The summed E-state index contributed by atoms with van der Waals surface area (Å²) in [6.45, 7) is 1.80. The molecule has 2 aromatic heterocycles. The first kappa shape index (κ1) is 13.0. The van der Waals surface area contributed by atoms with Gasteiger partial charge in [-0.15, -0.1) is 0 Å². The quantitative estimate of drug-likeness (QED) is 0.765. The number of nitrogens with one attached hydrogen (secondary N) is 2. The molecule has 2 heterocycles. The van der Waals surface area contributed by atoms with Crippen molar-refractivity contribution in [1.29, 1.82) is 0 Å². The molecule has 106 valence electrons. The molecule has 0 bridgehead atoms. The van der Waals surface area contributed by atoms with Crippen molar-refractivity contribution in [2.24, 2.45) is 0 Å². The predicted molar refractivity (Wildman–Crippen MR) is 76.2 cm³/mol. The maximum absolute atomic E-state index is 13.1. The summed E-state index contributed by atoms with van der Waals surface area (Å²) in [7, 11) is 0. The van der Waals surface area contributed by atoms with E-state index in [9.17, 15) is 4.39 Å². The van der Waals surface area contributed by atoms with Crippen molar-refractivity contribution in [2.45, 2.75) is 6.92 Å². The monoisotopic (exact) mass is 285 g/mol. The van der Waals surface area contributed by atoms with Crippen LogP contribution >= 0.6 is 0 Å². The van der Waals surface area contributed by atoms with Crippen LogP contribution in [0.4, 0.5) is 27.5 Å². The molecule has 7 heteroatoms. The van der Waals surface area contributed by atoms with Crippen LogP contribution in [-0.4, -0.2) is 15.1 Å². The molecule has 6 nitrogen and oxygen atoms in total. The fourth-order valence-electron chi connectivity index (χ4n) is 1.76. The van der Waals surface area contributed by atoms with Gasteiger partial charge in [0.2, 0.25) is 0 Å². The van der Waals surface area contributed by atoms with Crippen LogP contribution in [0.2, 0.25) is 0 Å². The Labute approximate surface area is 120 Å². The fourth-order valence-corrected chi connectivity index (χ4v) is 1.76. The van der Waals surface area contributed by atoms with Crippen LogP contribution in [0, 0.1) is 12.7 Å². The van der Waals surface area contributed by atoms with Crippen molar-refractivity contribution < 1.29 is 8.91 Å². The van der Waals surface area contributed by atoms with Crippen LogP contribution in [-0.2, 0) is 0 Å². The summed E-state index contributed by atoms with van der Waals surface area (Å²) in [5.41, 5.74) is 0.608. The molecule has 2 N–H and O–H groups in total. The van der Waals surface area contributed by atoms with E-state index in [1.165, 1.54) is 18.5 Å². The van der Waals surface area contributed by atoms with Crippen LogP contribution in [0.1, 0.15) is 5.76 Å². The van der Waals surface area contributed by atoms with Gasteiger partial charge in [-0.1, -0.05) is 11.2 Å². The average molecular weight is 285 g/mol. The number of aromatic nitrogens is 3. The minimum atomic E-state index is -0.314. The second-order valence-corrected chi connectivity index (χ2v) is 4.37. The van der Waals surface area contributed by atoms with Gasteiger partial charge in [-0.2, -0.15) is 0 Å². The van der Waals surface area contributed by atoms with Gasteiger partial charge in [0.25, 0.3) is 0 Å². The molecule has 0 aliphatic rings. The number of nitrogens with zero attached hydrogens (tertiary/aromatic N) is 3. The molecule has 0 atom stereocenters. The molecule has 0 aliphatic heterocycles. The third-order valence-corrected chi connectivity index (χ3v) is 2.65. The number of rotatable bonds is 4. The van der Waals surface area contributed by atoms with Crippen LogP contribution in [0.25, 0.3) is 0 Å². The Morgan fingerprint density at radius 2 is 1.81 bits per heavy atom. The standard InChI is InChI=1S/C14H12FN5O/c1-9-5-14(20-21-9)19-13-7-12(16-8-17-13)18-11-4-2-3-10(15)6-11/h2-8H,1H3,(H2,16,17,18,19,20). The summed E-state index contributed by atoms with van der Waals surface area (Å²) in [4.78, 5) is 8.17. The summed E-state index contributed by atoms with van der Waals surface area (Å²) in [5.74, 6) is 2.04. The Bertz CT molecular complexity index is 758. The van der Waals surface area contributed by atoms with Crippen molar-refractivity contribution in [1.82, 2.24) is 15.1 Å². The molecule has 0 spiro atoms. The van der Waals surface area contributed by atoms with Gasteiger partial charge in [-0.25, -0.2) is 14.4 Å². The zero-order chi connectivity index (χ0) is 14.7. The van der Waals surface area contributed by atoms with Crippen molar-refractivity contribution in [2.75, 3.05) is 10.6 Å². The lowest BCUT2D eigenvalue weighted by atomic mass is 10.3. The Hall–Kier alpha value is -2.96. The number of benzene rings is 1. The van der Waals surface area contributed by atoms with Crippen LogP contribution in [0.3, 0.4) is 0 Å². The minimum absolute atomic E-state index is 0.314. The molecular formula is C14H12FN5O. The molecular weight excluding hydrogens is 273 g/mol. The van der Waals surface area contributed by atoms with Gasteiger partial charge in [0.05, 0.1) is 0 Å².